The molecule has 2 aromatic carbocycles. The Kier molecular flexibility index (Phi) is 7.32. The van der Waals surface area contributed by atoms with E-state index in [9.17, 15) is 4.79 Å². The SMILES string of the molecule is Nc1cc(N[C@H]2CC[C@@H](NC(=O)CCCOc3ccccc3)CC2)c2ccc(Cl)cc2n1. The number of ether oxygens (including phenoxy) is 1. The number of nitrogens with one attached hydrogen (secondary N) is 2. The van der Waals surface area contributed by atoms with Crippen molar-refractivity contribution in [1.29, 1.82) is 0 Å². The van der Waals surface area contributed by atoms with Gasteiger partial charge < -0.3 is 21.1 Å². The molecule has 0 aliphatic heterocycles. The first-order valence-corrected chi connectivity index (χ1v) is 11.5. The van der Waals surface area contributed by atoms with Crippen LogP contribution in [0.15, 0.2) is 54.6 Å². The van der Waals surface area contributed by atoms with Crippen molar-refractivity contribution in [2.75, 3.05) is 17.7 Å². The van der Waals surface area contributed by atoms with Gasteiger partial charge in [-0.15, -0.1) is 0 Å². The first-order valence-electron chi connectivity index (χ1n) is 11.2. The third-order valence-corrected chi connectivity index (χ3v) is 6.04. The van der Waals surface area contributed by atoms with Gasteiger partial charge in [-0.05, 0) is 62.4 Å². The Morgan fingerprint density at radius 2 is 1.81 bits per heavy atom. The molecule has 0 bridgehead atoms. The molecular formula is C25H29ClN4O2. The summed E-state index contributed by atoms with van der Waals surface area (Å²) in [5, 5.41) is 8.46. The third kappa shape index (κ3) is 6.04. The van der Waals surface area contributed by atoms with E-state index in [-0.39, 0.29) is 11.9 Å². The first kappa shape index (κ1) is 22.2. The molecule has 1 heterocycles. The van der Waals surface area contributed by atoms with Gasteiger partial charge in [-0.1, -0.05) is 29.8 Å². The van der Waals surface area contributed by atoms with Crippen molar-refractivity contribution in [3.05, 3.63) is 59.6 Å². The molecule has 1 fully saturated rings. The van der Waals surface area contributed by atoms with E-state index < -0.39 is 0 Å². The van der Waals surface area contributed by atoms with E-state index in [0.717, 1.165) is 48.0 Å². The van der Waals surface area contributed by atoms with Gasteiger partial charge in [0.25, 0.3) is 0 Å². The lowest BCUT2D eigenvalue weighted by atomic mass is 9.90. The molecule has 0 atom stereocenters. The predicted molar refractivity (Wildman–Crippen MR) is 130 cm³/mol. The number of nitrogen functional groups attached to an aromatic ring is 1. The maximum absolute atomic E-state index is 12.3. The van der Waals surface area contributed by atoms with Crippen molar-refractivity contribution in [2.24, 2.45) is 0 Å². The molecule has 1 amide bonds. The lowest BCUT2D eigenvalue weighted by molar-refractivity contribution is -0.122. The summed E-state index contributed by atoms with van der Waals surface area (Å²) in [4.78, 5) is 16.7. The van der Waals surface area contributed by atoms with Crippen molar-refractivity contribution < 1.29 is 9.53 Å². The Labute approximate surface area is 193 Å². The number of nitrogens with two attached hydrogens (primary N) is 1. The Hall–Kier alpha value is -2.99. The van der Waals surface area contributed by atoms with Crippen LogP contribution in [0.2, 0.25) is 5.02 Å². The number of hydrogen-bond acceptors (Lipinski definition) is 5. The minimum atomic E-state index is 0.0999. The zero-order valence-corrected chi connectivity index (χ0v) is 18.8. The molecule has 7 heteroatoms. The summed E-state index contributed by atoms with van der Waals surface area (Å²) < 4.78 is 5.65. The Morgan fingerprint density at radius 3 is 2.59 bits per heavy atom. The molecule has 6 nitrogen and oxygen atoms in total. The second-order valence-corrected chi connectivity index (χ2v) is 8.72. The van der Waals surface area contributed by atoms with Gasteiger partial charge in [0.05, 0.1) is 12.1 Å². The summed E-state index contributed by atoms with van der Waals surface area (Å²) in [6.45, 7) is 0.544. The number of amides is 1. The van der Waals surface area contributed by atoms with Crippen LogP contribution in [0, 0.1) is 0 Å². The van der Waals surface area contributed by atoms with Gasteiger partial charge in [-0.3, -0.25) is 4.79 Å². The molecule has 0 radical (unpaired) electrons. The van der Waals surface area contributed by atoms with Crippen molar-refractivity contribution in [2.45, 2.75) is 50.6 Å². The standard InChI is InChI=1S/C25H29ClN4O2/c26-17-8-13-21-22(15-17)30-24(27)16-23(21)28-18-9-11-19(12-10-18)29-25(31)7-4-14-32-20-5-2-1-3-6-20/h1-3,5-6,8,13,15-16,18-19H,4,7,9-12,14H2,(H,29,31)(H3,27,28,30)/t18-,19+. The first-order chi connectivity index (χ1) is 15.6. The molecule has 1 aliphatic carbocycles. The minimum absolute atomic E-state index is 0.0999. The molecule has 0 spiro atoms. The number of halogens is 1. The van der Waals surface area contributed by atoms with Crippen molar-refractivity contribution in [3.8, 4) is 5.75 Å². The molecule has 1 aliphatic rings. The van der Waals surface area contributed by atoms with Crippen LogP contribution in [0.5, 0.6) is 5.75 Å². The number of carbonyl (C=O) groups is 1. The Balaban J connectivity index is 1.21. The van der Waals surface area contributed by atoms with E-state index in [1.54, 1.807) is 0 Å². The summed E-state index contributed by atoms with van der Waals surface area (Å²) >= 11 is 6.10. The fourth-order valence-corrected chi connectivity index (χ4v) is 4.35. The fraction of sp³-hybridized carbons (Fsp3) is 0.360. The molecule has 0 saturated heterocycles. The number of fused-ring (bicyclic) bond motifs is 1. The largest absolute Gasteiger partial charge is 0.494 e. The zero-order chi connectivity index (χ0) is 22.3. The number of pyridine rings is 1. The predicted octanol–water partition coefficient (Wildman–Crippen LogP) is 5.17. The maximum atomic E-state index is 12.3. The molecule has 168 valence electrons. The minimum Gasteiger partial charge on any atom is -0.494 e. The zero-order valence-electron chi connectivity index (χ0n) is 18.0. The lowest BCUT2D eigenvalue weighted by Gasteiger charge is -2.30. The monoisotopic (exact) mass is 452 g/mol. The van der Waals surface area contributed by atoms with Crippen LogP contribution in [0.3, 0.4) is 0 Å². The van der Waals surface area contributed by atoms with Gasteiger partial charge in [-0.2, -0.15) is 0 Å². The number of hydrogen-bond donors (Lipinski definition) is 3. The van der Waals surface area contributed by atoms with Gasteiger partial charge in [0, 0.05) is 40.7 Å². The molecule has 4 N–H and O–H groups in total. The second-order valence-electron chi connectivity index (χ2n) is 8.28. The van der Waals surface area contributed by atoms with Crippen molar-refractivity contribution in [1.82, 2.24) is 10.3 Å². The highest BCUT2D eigenvalue weighted by Gasteiger charge is 2.23. The van der Waals surface area contributed by atoms with Gasteiger partial charge in [-0.25, -0.2) is 4.98 Å². The number of nitrogens with zero attached hydrogens (tertiary/aromatic N) is 1. The molecule has 4 rings (SSSR count). The van der Waals surface area contributed by atoms with Crippen LogP contribution in [0.25, 0.3) is 10.9 Å². The summed E-state index contributed by atoms with van der Waals surface area (Å²) in [7, 11) is 0. The van der Waals surface area contributed by atoms with Crippen LogP contribution in [-0.2, 0) is 4.79 Å². The van der Waals surface area contributed by atoms with Crippen LogP contribution in [0.1, 0.15) is 38.5 Å². The average molecular weight is 453 g/mol. The lowest BCUT2D eigenvalue weighted by Crippen LogP contribution is -2.40. The second kappa shape index (κ2) is 10.6. The molecule has 32 heavy (non-hydrogen) atoms. The van der Waals surface area contributed by atoms with Gasteiger partial charge in [0.1, 0.15) is 11.6 Å². The van der Waals surface area contributed by atoms with Gasteiger partial charge in [0.15, 0.2) is 0 Å². The molecule has 3 aromatic rings. The number of rotatable bonds is 8. The topological polar surface area (TPSA) is 89.3 Å². The number of benzene rings is 2. The van der Waals surface area contributed by atoms with E-state index in [1.165, 1.54) is 0 Å². The average Bonchev–Trinajstić information content (AvgIpc) is 2.78. The maximum Gasteiger partial charge on any atom is 0.220 e. The quantitative estimate of drug-likeness (QED) is 0.410. The number of anilines is 2. The summed E-state index contributed by atoms with van der Waals surface area (Å²) in [6, 6.07) is 17.8. The number of aromatic nitrogens is 1. The van der Waals surface area contributed by atoms with E-state index in [1.807, 2.05) is 54.6 Å². The highest BCUT2D eigenvalue weighted by atomic mass is 35.5. The summed E-state index contributed by atoms with van der Waals surface area (Å²) in [5.74, 6) is 1.41. The van der Waals surface area contributed by atoms with E-state index in [0.29, 0.717) is 36.3 Å². The molecule has 1 aromatic heterocycles. The Bertz CT molecular complexity index is 1050. The molecule has 1 saturated carbocycles. The highest BCUT2D eigenvalue weighted by molar-refractivity contribution is 6.31. The van der Waals surface area contributed by atoms with Crippen LogP contribution >= 0.6 is 11.6 Å². The third-order valence-electron chi connectivity index (χ3n) is 5.80. The van der Waals surface area contributed by atoms with Crippen LogP contribution < -0.4 is 21.1 Å². The van der Waals surface area contributed by atoms with Gasteiger partial charge in [0.2, 0.25) is 5.91 Å². The fourth-order valence-electron chi connectivity index (χ4n) is 4.18. The normalized spacial score (nSPS) is 18.3. The Morgan fingerprint density at radius 1 is 1.06 bits per heavy atom. The van der Waals surface area contributed by atoms with Crippen LogP contribution in [-0.4, -0.2) is 29.6 Å². The van der Waals surface area contributed by atoms with Crippen LogP contribution in [0.4, 0.5) is 11.5 Å². The molecule has 0 unspecified atom stereocenters. The summed E-state index contributed by atoms with van der Waals surface area (Å²) in [6.07, 6.45) is 5.06. The molecular weight excluding hydrogens is 424 g/mol. The van der Waals surface area contributed by atoms with E-state index in [4.69, 9.17) is 22.1 Å². The van der Waals surface area contributed by atoms with Crippen molar-refractivity contribution >= 4 is 39.9 Å². The van der Waals surface area contributed by atoms with Gasteiger partial charge >= 0.3 is 0 Å². The van der Waals surface area contributed by atoms with E-state index >= 15 is 0 Å². The number of para-hydroxylation sites is 1. The number of carbonyl (C=O) groups excluding carboxylic acids is 1. The van der Waals surface area contributed by atoms with E-state index in [2.05, 4.69) is 15.6 Å². The smallest absolute Gasteiger partial charge is 0.220 e. The highest BCUT2D eigenvalue weighted by Crippen LogP contribution is 2.30. The van der Waals surface area contributed by atoms with Crippen molar-refractivity contribution in [3.63, 3.8) is 0 Å². The summed E-state index contributed by atoms with van der Waals surface area (Å²) in [5.41, 5.74) is 7.76.